The second-order valence-corrected chi connectivity index (χ2v) is 7.95. The number of anilines is 1. The van der Waals surface area contributed by atoms with Gasteiger partial charge in [0.25, 0.3) is 5.56 Å². The molecule has 4 rings (SSSR count). The molecule has 0 radical (unpaired) electrons. The lowest BCUT2D eigenvalue weighted by Gasteiger charge is -2.20. The molecule has 8 heteroatoms. The minimum atomic E-state index is -0.284. The van der Waals surface area contributed by atoms with Gasteiger partial charge in [0.1, 0.15) is 11.5 Å². The summed E-state index contributed by atoms with van der Waals surface area (Å²) in [6.45, 7) is 1.20. The highest BCUT2D eigenvalue weighted by atomic mass is 19.1. The first kappa shape index (κ1) is 23.0. The van der Waals surface area contributed by atoms with Gasteiger partial charge in [-0.15, -0.1) is 0 Å². The molecule has 2 aromatic carbocycles. The van der Waals surface area contributed by atoms with E-state index in [0.717, 1.165) is 28.7 Å². The van der Waals surface area contributed by atoms with Crippen LogP contribution in [0.15, 0.2) is 78.0 Å². The van der Waals surface area contributed by atoms with Gasteiger partial charge in [0.05, 0.1) is 17.8 Å². The summed E-state index contributed by atoms with van der Waals surface area (Å²) in [5.41, 5.74) is 4.58. The maximum atomic E-state index is 13.9. The molecule has 4 N–H and O–H groups in total. The molecule has 0 amide bonds. The molecule has 0 aliphatic rings. The second kappa shape index (κ2) is 11.1. The van der Waals surface area contributed by atoms with Gasteiger partial charge >= 0.3 is 0 Å². The van der Waals surface area contributed by atoms with Crippen LogP contribution in [0.2, 0.25) is 0 Å². The Hall–Kier alpha value is -4.22. The van der Waals surface area contributed by atoms with Gasteiger partial charge < -0.3 is 15.6 Å². The Morgan fingerprint density at radius 3 is 2.65 bits per heavy atom. The standard InChI is InChI=1S/C26H25FN6O/c27-23-3-1-2-20(12-23)24(29-10-8-18-4-6-19(14-28)7-5-18)9-11-30-25-13-21(15-31-26(25)34)22-16-32-33-17-22/h1-7,12-13,15-17,24,29-30H,8-11H2,(H,31,34)(H,32,33). The van der Waals surface area contributed by atoms with Crippen molar-refractivity contribution in [3.8, 4) is 17.2 Å². The fraction of sp³-hybridized carbons (Fsp3) is 0.192. The number of pyridine rings is 1. The van der Waals surface area contributed by atoms with Crippen molar-refractivity contribution in [3.05, 3.63) is 106 Å². The lowest BCUT2D eigenvalue weighted by molar-refractivity contribution is 0.509. The third-order valence-electron chi connectivity index (χ3n) is 5.62. The Labute approximate surface area is 196 Å². The average molecular weight is 457 g/mol. The maximum absolute atomic E-state index is 13.9. The number of nitrogens with one attached hydrogen (secondary N) is 4. The van der Waals surface area contributed by atoms with Crippen LogP contribution in [0.3, 0.4) is 0 Å². The fourth-order valence-electron chi connectivity index (χ4n) is 3.79. The largest absolute Gasteiger partial charge is 0.381 e. The number of hydrogen-bond acceptors (Lipinski definition) is 5. The van der Waals surface area contributed by atoms with E-state index in [2.05, 4.69) is 31.9 Å². The van der Waals surface area contributed by atoms with E-state index in [4.69, 9.17) is 5.26 Å². The number of H-pyrrole nitrogens is 2. The third-order valence-corrected chi connectivity index (χ3v) is 5.62. The number of aromatic nitrogens is 3. The van der Waals surface area contributed by atoms with Crippen molar-refractivity contribution >= 4 is 5.69 Å². The van der Waals surface area contributed by atoms with Crippen LogP contribution in [0.5, 0.6) is 0 Å². The Morgan fingerprint density at radius 1 is 1.06 bits per heavy atom. The van der Waals surface area contributed by atoms with Gasteiger partial charge in [-0.2, -0.15) is 10.4 Å². The Bertz CT molecular complexity index is 1310. The maximum Gasteiger partial charge on any atom is 0.271 e. The molecule has 0 aliphatic heterocycles. The number of benzene rings is 2. The molecule has 0 bridgehead atoms. The highest BCUT2D eigenvalue weighted by Crippen LogP contribution is 2.20. The zero-order valence-electron chi connectivity index (χ0n) is 18.5. The highest BCUT2D eigenvalue weighted by molar-refractivity contribution is 5.65. The number of nitrogens with zero attached hydrogens (tertiary/aromatic N) is 2. The molecule has 0 aliphatic carbocycles. The van der Waals surface area contributed by atoms with Gasteiger partial charge in [-0.25, -0.2) is 4.39 Å². The molecule has 1 unspecified atom stereocenters. The van der Waals surface area contributed by atoms with Crippen molar-refractivity contribution in [2.24, 2.45) is 0 Å². The van der Waals surface area contributed by atoms with E-state index in [9.17, 15) is 9.18 Å². The molecule has 1 atom stereocenters. The molecule has 0 fully saturated rings. The molecule has 34 heavy (non-hydrogen) atoms. The minimum Gasteiger partial charge on any atom is -0.381 e. The molecule has 7 nitrogen and oxygen atoms in total. The van der Waals surface area contributed by atoms with E-state index in [0.29, 0.717) is 30.8 Å². The number of halogens is 1. The van der Waals surface area contributed by atoms with E-state index in [1.54, 1.807) is 42.9 Å². The molecule has 0 saturated carbocycles. The lowest BCUT2D eigenvalue weighted by Crippen LogP contribution is -2.26. The molecular formula is C26H25FN6O. The van der Waals surface area contributed by atoms with Crippen molar-refractivity contribution in [1.82, 2.24) is 20.5 Å². The molecular weight excluding hydrogens is 431 g/mol. The monoisotopic (exact) mass is 456 g/mol. The van der Waals surface area contributed by atoms with Gasteiger partial charge in [0, 0.05) is 36.1 Å². The minimum absolute atomic E-state index is 0.0993. The zero-order chi connectivity index (χ0) is 23.8. The summed E-state index contributed by atoms with van der Waals surface area (Å²) in [5, 5.41) is 22.4. The number of rotatable bonds is 10. The predicted molar refractivity (Wildman–Crippen MR) is 130 cm³/mol. The van der Waals surface area contributed by atoms with Gasteiger partial charge in [-0.05, 0) is 60.8 Å². The average Bonchev–Trinajstić information content (AvgIpc) is 3.40. The molecule has 172 valence electrons. The van der Waals surface area contributed by atoms with Crippen molar-refractivity contribution in [2.75, 3.05) is 18.4 Å². The van der Waals surface area contributed by atoms with Gasteiger partial charge in [0.15, 0.2) is 0 Å². The summed E-state index contributed by atoms with van der Waals surface area (Å²) >= 11 is 0. The van der Waals surface area contributed by atoms with Crippen molar-refractivity contribution in [2.45, 2.75) is 18.9 Å². The van der Waals surface area contributed by atoms with Crippen LogP contribution in [0.4, 0.5) is 10.1 Å². The second-order valence-electron chi connectivity index (χ2n) is 7.95. The summed E-state index contributed by atoms with van der Waals surface area (Å²) in [6, 6.07) is 17.9. The summed E-state index contributed by atoms with van der Waals surface area (Å²) in [4.78, 5) is 15.0. The molecule has 4 aromatic rings. The Kier molecular flexibility index (Phi) is 7.48. The third kappa shape index (κ3) is 5.97. The number of nitriles is 1. The SMILES string of the molecule is N#Cc1ccc(CCNC(CCNc2cc(-c3cn[nH]c3)c[nH]c2=O)c2cccc(F)c2)cc1. The molecule has 2 aromatic heterocycles. The first-order chi connectivity index (χ1) is 16.6. The zero-order valence-corrected chi connectivity index (χ0v) is 18.5. The van der Waals surface area contributed by atoms with Crippen LogP contribution < -0.4 is 16.2 Å². The Balaban J connectivity index is 1.40. The molecule has 0 spiro atoms. The van der Waals surface area contributed by atoms with Crippen molar-refractivity contribution < 1.29 is 4.39 Å². The molecule has 2 heterocycles. The predicted octanol–water partition coefficient (Wildman–Crippen LogP) is 4.15. The summed E-state index contributed by atoms with van der Waals surface area (Å²) in [5.74, 6) is -0.284. The first-order valence-corrected chi connectivity index (χ1v) is 11.1. The van der Waals surface area contributed by atoms with E-state index in [1.165, 1.54) is 12.1 Å². The van der Waals surface area contributed by atoms with Crippen LogP contribution in [-0.4, -0.2) is 28.3 Å². The van der Waals surface area contributed by atoms with Crippen LogP contribution in [0, 0.1) is 17.1 Å². The normalized spacial score (nSPS) is 11.6. The lowest BCUT2D eigenvalue weighted by atomic mass is 10.0. The van der Waals surface area contributed by atoms with Crippen molar-refractivity contribution in [1.29, 1.82) is 5.26 Å². The van der Waals surface area contributed by atoms with E-state index in [1.807, 2.05) is 18.2 Å². The quantitative estimate of drug-likeness (QED) is 0.287. The van der Waals surface area contributed by atoms with E-state index >= 15 is 0 Å². The Morgan fingerprint density at radius 2 is 1.91 bits per heavy atom. The number of hydrogen-bond donors (Lipinski definition) is 4. The van der Waals surface area contributed by atoms with Crippen LogP contribution >= 0.6 is 0 Å². The molecule has 0 saturated heterocycles. The highest BCUT2D eigenvalue weighted by Gasteiger charge is 2.13. The topological polar surface area (TPSA) is 109 Å². The summed E-state index contributed by atoms with van der Waals surface area (Å²) < 4.78 is 13.9. The first-order valence-electron chi connectivity index (χ1n) is 11.1. The summed E-state index contributed by atoms with van der Waals surface area (Å²) in [6.07, 6.45) is 6.52. The number of aromatic amines is 2. The van der Waals surface area contributed by atoms with Gasteiger partial charge in [-0.1, -0.05) is 24.3 Å². The van der Waals surface area contributed by atoms with E-state index < -0.39 is 0 Å². The fourth-order valence-corrected chi connectivity index (χ4v) is 3.79. The van der Waals surface area contributed by atoms with Crippen LogP contribution in [-0.2, 0) is 6.42 Å². The smallest absolute Gasteiger partial charge is 0.271 e. The van der Waals surface area contributed by atoms with Gasteiger partial charge in [0.2, 0.25) is 0 Å². The van der Waals surface area contributed by atoms with Crippen LogP contribution in [0.25, 0.3) is 11.1 Å². The summed E-state index contributed by atoms with van der Waals surface area (Å²) in [7, 11) is 0. The van der Waals surface area contributed by atoms with Crippen LogP contribution in [0.1, 0.15) is 29.2 Å². The van der Waals surface area contributed by atoms with E-state index in [-0.39, 0.29) is 17.4 Å². The van der Waals surface area contributed by atoms with Gasteiger partial charge in [-0.3, -0.25) is 9.89 Å². The van der Waals surface area contributed by atoms with Crippen molar-refractivity contribution in [3.63, 3.8) is 0 Å².